The molecule has 1 fully saturated rings. The Morgan fingerprint density at radius 3 is 3.07 bits per heavy atom. The van der Waals surface area contributed by atoms with E-state index < -0.39 is 5.12 Å². The number of aromatic nitrogens is 1. The molecule has 3 heterocycles. The van der Waals surface area contributed by atoms with E-state index in [1.165, 1.54) is 0 Å². The molecule has 4 N–H and O–H groups in total. The van der Waals surface area contributed by atoms with Crippen LogP contribution in [-0.2, 0) is 4.74 Å². The van der Waals surface area contributed by atoms with Crippen molar-refractivity contribution in [3.05, 3.63) is 47.9 Å². The lowest BCUT2D eigenvalue weighted by atomic mass is 10.2. The van der Waals surface area contributed by atoms with Crippen LogP contribution in [0.5, 0.6) is 0 Å². The van der Waals surface area contributed by atoms with Crippen molar-refractivity contribution in [1.82, 2.24) is 20.6 Å². The third-order valence-electron chi connectivity index (χ3n) is 4.79. The van der Waals surface area contributed by atoms with E-state index in [0.29, 0.717) is 19.6 Å². The summed E-state index contributed by atoms with van der Waals surface area (Å²) in [6, 6.07) is 8.12. The molecule has 8 nitrogen and oxygen atoms in total. The van der Waals surface area contributed by atoms with Gasteiger partial charge in [-0.05, 0) is 18.6 Å². The van der Waals surface area contributed by atoms with Gasteiger partial charge in [0.05, 0.1) is 19.4 Å². The van der Waals surface area contributed by atoms with Crippen LogP contribution in [0, 0.1) is 0 Å². The molecule has 0 aliphatic carbocycles. The molecule has 1 aromatic heterocycles. The number of thioether (sulfide) groups is 1. The number of aliphatic hydroxyl groups excluding tert-OH is 1. The van der Waals surface area contributed by atoms with E-state index in [0.717, 1.165) is 41.1 Å². The highest BCUT2D eigenvalue weighted by Gasteiger charge is 2.33. The van der Waals surface area contributed by atoms with Crippen molar-refractivity contribution in [1.29, 1.82) is 0 Å². The quantitative estimate of drug-likeness (QED) is 0.227. The first-order chi connectivity index (χ1) is 14.3. The Hall–Kier alpha value is -2.49. The third kappa shape index (κ3) is 4.75. The van der Waals surface area contributed by atoms with E-state index in [9.17, 15) is 5.11 Å². The number of benzene rings is 1. The minimum atomic E-state index is -0.819. The van der Waals surface area contributed by atoms with Gasteiger partial charge in [0.15, 0.2) is 0 Å². The van der Waals surface area contributed by atoms with E-state index in [2.05, 4.69) is 36.8 Å². The number of para-hydroxylation sites is 1. The number of morpholine rings is 1. The fourth-order valence-electron chi connectivity index (χ4n) is 3.29. The van der Waals surface area contributed by atoms with E-state index in [1.807, 2.05) is 30.5 Å². The first-order valence-corrected chi connectivity index (χ1v) is 10.8. The SMILES string of the molecule is OCCCSC1(NN=Cc2c[nH]c3ccccc23)N=CC=C(N2CCOCC2)N1. The van der Waals surface area contributed by atoms with Crippen LogP contribution in [-0.4, -0.2) is 71.2 Å². The summed E-state index contributed by atoms with van der Waals surface area (Å²) in [6.07, 6.45) is 8.21. The Kier molecular flexibility index (Phi) is 6.38. The maximum Gasteiger partial charge on any atom is 0.272 e. The zero-order chi connectivity index (χ0) is 19.9. The predicted octanol–water partition coefficient (Wildman–Crippen LogP) is 1.67. The van der Waals surface area contributed by atoms with Crippen molar-refractivity contribution in [3.63, 3.8) is 0 Å². The van der Waals surface area contributed by atoms with Gasteiger partial charge in [-0.25, -0.2) is 4.99 Å². The molecule has 4 rings (SSSR count). The van der Waals surface area contributed by atoms with Crippen LogP contribution in [0.25, 0.3) is 10.9 Å². The van der Waals surface area contributed by atoms with Gasteiger partial charge in [-0.15, -0.1) is 0 Å². The number of rotatable bonds is 8. The molecule has 29 heavy (non-hydrogen) atoms. The molecule has 0 spiro atoms. The van der Waals surface area contributed by atoms with Crippen LogP contribution in [0.15, 0.2) is 52.5 Å². The second-order valence-corrected chi connectivity index (χ2v) is 8.07. The first kappa shape index (κ1) is 19.8. The van der Waals surface area contributed by atoms with Gasteiger partial charge in [0.25, 0.3) is 5.12 Å². The average Bonchev–Trinajstić information content (AvgIpc) is 3.18. The van der Waals surface area contributed by atoms with Gasteiger partial charge in [-0.3, -0.25) is 5.43 Å². The average molecular weight is 415 g/mol. The molecule has 154 valence electrons. The van der Waals surface area contributed by atoms with Crippen molar-refractivity contribution in [3.8, 4) is 0 Å². The van der Waals surface area contributed by atoms with Crippen LogP contribution in [0.3, 0.4) is 0 Å². The second-order valence-electron chi connectivity index (χ2n) is 6.78. The number of ether oxygens (including phenoxy) is 1. The van der Waals surface area contributed by atoms with Crippen LogP contribution < -0.4 is 10.7 Å². The minimum absolute atomic E-state index is 0.150. The van der Waals surface area contributed by atoms with Crippen LogP contribution >= 0.6 is 11.8 Å². The lowest BCUT2D eigenvalue weighted by Gasteiger charge is -2.39. The van der Waals surface area contributed by atoms with Gasteiger partial charge < -0.3 is 25.0 Å². The van der Waals surface area contributed by atoms with Gasteiger partial charge in [0.1, 0.15) is 5.82 Å². The molecule has 9 heteroatoms. The van der Waals surface area contributed by atoms with Gasteiger partial charge in [0, 0.05) is 54.3 Å². The number of nitrogens with one attached hydrogen (secondary N) is 3. The Morgan fingerprint density at radius 2 is 2.21 bits per heavy atom. The molecule has 1 aromatic carbocycles. The highest BCUT2D eigenvalue weighted by molar-refractivity contribution is 8.00. The number of fused-ring (bicyclic) bond motifs is 1. The number of hydrogen-bond donors (Lipinski definition) is 4. The fraction of sp³-hybridized carbons (Fsp3) is 0.400. The summed E-state index contributed by atoms with van der Waals surface area (Å²) in [7, 11) is 0. The summed E-state index contributed by atoms with van der Waals surface area (Å²) in [4.78, 5) is 10.1. The zero-order valence-electron chi connectivity index (χ0n) is 16.2. The molecular formula is C20H26N6O2S. The van der Waals surface area contributed by atoms with Crippen molar-refractivity contribution in [2.75, 3.05) is 38.7 Å². The standard InChI is InChI=1S/C20H26N6O2S/c27-10-3-13-29-20(22-7-6-19(24-20)26-8-11-28-12-9-26)25-23-15-16-14-21-18-5-2-1-4-17(16)18/h1-2,4-7,14-15,21,24-25,27H,3,8-13H2. The van der Waals surface area contributed by atoms with Gasteiger partial charge >= 0.3 is 0 Å². The van der Waals surface area contributed by atoms with Gasteiger partial charge in [-0.2, -0.15) is 5.10 Å². The Bertz CT molecular complexity index is 905. The smallest absolute Gasteiger partial charge is 0.272 e. The Morgan fingerprint density at radius 1 is 1.34 bits per heavy atom. The van der Waals surface area contributed by atoms with E-state index >= 15 is 0 Å². The molecule has 0 saturated carbocycles. The van der Waals surface area contributed by atoms with E-state index in [4.69, 9.17) is 4.74 Å². The Labute approximate surface area is 174 Å². The number of hydrazone groups is 1. The lowest BCUT2D eigenvalue weighted by Crippen LogP contribution is -2.55. The second kappa shape index (κ2) is 9.34. The Balaban J connectivity index is 1.49. The number of aliphatic imine (C=N–C) groups is 1. The van der Waals surface area contributed by atoms with Crippen molar-refractivity contribution in [2.24, 2.45) is 10.1 Å². The summed E-state index contributed by atoms with van der Waals surface area (Å²) in [5.41, 5.74) is 5.28. The number of hydrogen-bond acceptors (Lipinski definition) is 8. The molecule has 1 saturated heterocycles. The lowest BCUT2D eigenvalue weighted by molar-refractivity contribution is 0.0485. The minimum Gasteiger partial charge on any atom is -0.396 e. The van der Waals surface area contributed by atoms with Crippen molar-refractivity contribution < 1.29 is 9.84 Å². The van der Waals surface area contributed by atoms with Gasteiger partial charge in [0.2, 0.25) is 0 Å². The predicted molar refractivity (Wildman–Crippen MR) is 118 cm³/mol. The molecule has 2 aliphatic heterocycles. The van der Waals surface area contributed by atoms with Gasteiger partial charge in [-0.1, -0.05) is 30.0 Å². The van der Waals surface area contributed by atoms with Crippen molar-refractivity contribution in [2.45, 2.75) is 11.5 Å². The molecule has 2 aromatic rings. The summed E-state index contributed by atoms with van der Waals surface area (Å²) < 4.78 is 5.46. The molecule has 1 unspecified atom stereocenters. The highest BCUT2D eigenvalue weighted by Crippen LogP contribution is 2.26. The molecule has 0 radical (unpaired) electrons. The van der Waals surface area contributed by atoms with Crippen LogP contribution in [0.2, 0.25) is 0 Å². The topological polar surface area (TPSA) is 97.3 Å². The summed E-state index contributed by atoms with van der Waals surface area (Å²) in [5.74, 6) is 1.74. The number of aliphatic hydroxyl groups is 1. The monoisotopic (exact) mass is 414 g/mol. The normalized spacial score (nSPS) is 22.1. The van der Waals surface area contributed by atoms with Crippen LogP contribution in [0.4, 0.5) is 0 Å². The molecular weight excluding hydrogens is 388 g/mol. The maximum absolute atomic E-state index is 9.18. The van der Waals surface area contributed by atoms with E-state index in [-0.39, 0.29) is 6.61 Å². The molecule has 0 amide bonds. The number of aromatic amines is 1. The zero-order valence-corrected chi connectivity index (χ0v) is 17.0. The van der Waals surface area contributed by atoms with E-state index in [1.54, 1.807) is 24.2 Å². The number of allylic oxidation sites excluding steroid dienone is 1. The summed E-state index contributed by atoms with van der Waals surface area (Å²) >= 11 is 1.58. The highest BCUT2D eigenvalue weighted by atomic mass is 32.2. The number of H-pyrrole nitrogens is 1. The first-order valence-electron chi connectivity index (χ1n) is 9.77. The third-order valence-corrected chi connectivity index (χ3v) is 6.00. The molecule has 0 bridgehead atoms. The van der Waals surface area contributed by atoms with Crippen molar-refractivity contribution >= 4 is 35.1 Å². The summed E-state index contributed by atoms with van der Waals surface area (Å²) in [5, 5.41) is 17.5. The fourth-order valence-corrected chi connectivity index (χ4v) is 4.28. The largest absolute Gasteiger partial charge is 0.396 e. The number of nitrogens with zero attached hydrogens (tertiary/aromatic N) is 3. The van der Waals surface area contributed by atoms with Crippen LogP contribution in [0.1, 0.15) is 12.0 Å². The molecule has 2 aliphatic rings. The maximum atomic E-state index is 9.18. The molecule has 1 atom stereocenters. The summed E-state index contributed by atoms with van der Waals surface area (Å²) in [6.45, 7) is 3.25.